The molecule has 10 aliphatic rings. The van der Waals surface area contributed by atoms with E-state index in [1.54, 1.807) is 0 Å². The van der Waals surface area contributed by atoms with Crippen LogP contribution in [0.1, 0.15) is 107 Å². The molecule has 6 heterocycles. The van der Waals surface area contributed by atoms with Crippen molar-refractivity contribution in [2.75, 3.05) is 39.6 Å². The molecule has 34 heteroatoms. The number of allylic oxidation sites excluding steroid dienone is 1. The van der Waals surface area contributed by atoms with Gasteiger partial charge in [0, 0.05) is 10.8 Å². The van der Waals surface area contributed by atoms with Crippen molar-refractivity contribution in [2.45, 2.75) is 315 Å². The van der Waals surface area contributed by atoms with Gasteiger partial charge in [-0.2, -0.15) is 0 Å². The molecule has 0 aromatic rings. The lowest BCUT2D eigenvalue weighted by atomic mass is 9.38. The summed E-state index contributed by atoms with van der Waals surface area (Å²) >= 11 is 0. The van der Waals surface area contributed by atoms with Crippen LogP contribution < -0.4 is 0 Å². The third-order valence-electron chi connectivity index (χ3n) is 25.0. The van der Waals surface area contributed by atoms with Crippen LogP contribution in [-0.2, 0) is 56.8 Å². The third kappa shape index (κ3) is 14.9. The lowest BCUT2D eigenvalue weighted by molar-refractivity contribution is -0.380. The number of rotatable bonds is 23. The Bertz CT molecular complexity index is 2670. The van der Waals surface area contributed by atoms with E-state index in [9.17, 15) is 112 Å². The first kappa shape index (κ1) is 80.9. The summed E-state index contributed by atoms with van der Waals surface area (Å²) in [5.74, 6) is -0.169. The van der Waals surface area contributed by atoms with Crippen LogP contribution in [0.2, 0.25) is 0 Å². The predicted octanol–water partition coefficient (Wildman–Crippen LogP) is -7.58. The minimum atomic E-state index is -2.04. The standard InChI is InChI=1S/C66H112O34/c1-24(25-15-16-64(6)34-12-10-26-27(66(34,8)35(70)17-65(25,64)7)11-14-36(62(26,2)3)98-59-53(86)48(81)42(75)32(96-59)22-90-57-51(84)45(78)39(72)29(19-68)93-57)9-13-37(63(4,5)88)99-61-55(100-60-54(87)46(79)40(73)30(20-69)94-60)49(82)43(76)33(97-61)23-91-58-52(85)47(80)41(74)31(95-58)21-89-56-50(83)44(77)38(71)28(18-67)92-56/h10,24-25,27-61,67-88H,9,11-23H2,1-8H3/t24-,25?,27?,28-,29-,30-,31-,32-,33-,34?,35-,36+,37-,38-,39-,40-,41-,42-,43-,44+,45+,46+,47+,48+,49+,50-,51-,52-,53-,54-,55-,56-,57?,58-,59+,60+,61+,64+,65-,66+/m1/s1. The quantitative estimate of drug-likeness (QED) is 0.0423. The maximum absolute atomic E-state index is 12.9. The summed E-state index contributed by atoms with van der Waals surface area (Å²) in [6, 6.07) is 0. The molecule has 9 fully saturated rings. The molecule has 34 nitrogen and oxygen atoms in total. The molecule has 0 bridgehead atoms. The van der Waals surface area contributed by atoms with E-state index in [-0.39, 0.29) is 35.5 Å². The minimum absolute atomic E-state index is 0.00195. The SMILES string of the molecule is C[C@H](CC[C@@H](O[C@@H]1O[C@H](CO[C@@H]2O[C@H](CO[C@@H]3O[C@H](CO)[C@@H](O)[C@H](O)[C@H]3O)[C@@H](O)[C@H](O)[C@H]2O)[C@@H](O)[C@H](O)[C@H]1O[C@@H]1O[C@H](CO)[C@@H](O)[C@H](O)[C@H]1O)C(C)(C)O)C1CC[C@@]2(C)C3CC=C4C(CC[C@H](O[C@@H]5O[C@H](COC6O[C@H](CO)[C@@H](O)[C@H](O)[C@H]6O)[C@@H](O)[C@H](O)[C@H]5O)C4(C)C)[C@]3(C)[C@H](O)C[C@]12C. The molecular formula is C66H112O34. The Labute approximate surface area is 579 Å². The van der Waals surface area contributed by atoms with E-state index in [2.05, 4.69) is 33.8 Å². The van der Waals surface area contributed by atoms with Crippen LogP contribution in [0.15, 0.2) is 11.6 Å². The number of fused-ring (bicyclic) bond motifs is 5. The Hall–Kier alpha value is -1.62. The third-order valence-corrected chi connectivity index (χ3v) is 25.0. The zero-order valence-electron chi connectivity index (χ0n) is 57.6. The average Bonchev–Trinajstić information content (AvgIpc) is 1.32. The van der Waals surface area contributed by atoms with Gasteiger partial charge in [0.15, 0.2) is 37.7 Å². The molecule has 0 spiro atoms. The highest BCUT2D eigenvalue weighted by Gasteiger charge is 2.71. The summed E-state index contributed by atoms with van der Waals surface area (Å²) in [6.07, 6.45) is -47.9. The van der Waals surface area contributed by atoms with Gasteiger partial charge in [-0.25, -0.2) is 0 Å². The van der Waals surface area contributed by atoms with Crippen LogP contribution in [0.4, 0.5) is 0 Å². The van der Waals surface area contributed by atoms with Crippen molar-refractivity contribution >= 4 is 0 Å². The summed E-state index contributed by atoms with van der Waals surface area (Å²) in [6.45, 7) is 11.5. The van der Waals surface area contributed by atoms with Crippen molar-refractivity contribution in [3.63, 3.8) is 0 Å². The molecule has 0 amide bonds. The van der Waals surface area contributed by atoms with E-state index in [4.69, 9.17) is 56.8 Å². The topological polar surface area (TPSA) is 556 Å². The van der Waals surface area contributed by atoms with Crippen molar-refractivity contribution in [3.05, 3.63) is 11.6 Å². The van der Waals surface area contributed by atoms with E-state index in [1.165, 1.54) is 13.8 Å². The molecule has 22 N–H and O–H groups in total. The van der Waals surface area contributed by atoms with E-state index in [1.807, 2.05) is 13.8 Å². The molecule has 6 aliphatic heterocycles. The molecular weight excluding hydrogens is 1340 g/mol. The van der Waals surface area contributed by atoms with Crippen molar-refractivity contribution < 1.29 is 169 Å². The molecule has 0 aromatic carbocycles. The Morgan fingerprint density at radius 2 is 0.850 bits per heavy atom. The van der Waals surface area contributed by atoms with Crippen molar-refractivity contribution in [1.82, 2.24) is 0 Å². The van der Waals surface area contributed by atoms with Crippen LogP contribution in [-0.4, -0.2) is 360 Å². The van der Waals surface area contributed by atoms with Gasteiger partial charge in [0.1, 0.15) is 146 Å². The van der Waals surface area contributed by atoms with Gasteiger partial charge >= 0.3 is 0 Å². The number of hydrogen-bond acceptors (Lipinski definition) is 34. The molecule has 4 aliphatic carbocycles. The molecule has 40 atom stereocenters. The predicted molar refractivity (Wildman–Crippen MR) is 333 cm³/mol. The summed E-state index contributed by atoms with van der Waals surface area (Å²) < 4.78 is 70.9. The maximum Gasteiger partial charge on any atom is 0.187 e. The highest BCUT2D eigenvalue weighted by atomic mass is 16.8. The second kappa shape index (κ2) is 31.5. The molecule has 3 saturated carbocycles. The molecule has 4 unspecified atom stereocenters. The lowest BCUT2D eigenvalue weighted by Crippen LogP contribution is -2.65. The van der Waals surface area contributed by atoms with Crippen molar-refractivity contribution in [3.8, 4) is 0 Å². The monoisotopic (exact) mass is 1450 g/mol. The largest absolute Gasteiger partial charge is 0.394 e. The Morgan fingerprint density at radius 1 is 0.460 bits per heavy atom. The van der Waals surface area contributed by atoms with Gasteiger partial charge in [0.2, 0.25) is 0 Å². The number of aliphatic hydroxyl groups is 22. The molecule has 100 heavy (non-hydrogen) atoms. The van der Waals surface area contributed by atoms with Crippen LogP contribution in [0, 0.1) is 45.3 Å². The fourth-order valence-corrected chi connectivity index (χ4v) is 18.4. The van der Waals surface area contributed by atoms with Gasteiger partial charge in [-0.15, -0.1) is 0 Å². The Balaban J connectivity index is 0.815. The molecule has 0 aromatic heterocycles. The van der Waals surface area contributed by atoms with Gasteiger partial charge in [-0.1, -0.05) is 53.2 Å². The normalized spacial score (nSPS) is 52.1. The van der Waals surface area contributed by atoms with Gasteiger partial charge in [-0.05, 0) is 99.7 Å². The average molecular weight is 1450 g/mol. The summed E-state index contributed by atoms with van der Waals surface area (Å²) in [5.41, 5.74) is -2.71. The van der Waals surface area contributed by atoms with E-state index in [0.29, 0.717) is 32.1 Å². The van der Waals surface area contributed by atoms with Gasteiger partial charge < -0.3 is 169 Å². The Morgan fingerprint density at radius 3 is 1.30 bits per heavy atom. The molecule has 0 radical (unpaired) electrons. The van der Waals surface area contributed by atoms with Crippen LogP contribution in [0.5, 0.6) is 0 Å². The molecule has 580 valence electrons. The first-order chi connectivity index (χ1) is 46.8. The second-order valence-corrected chi connectivity index (χ2v) is 31.6. The van der Waals surface area contributed by atoms with Crippen LogP contribution >= 0.6 is 0 Å². The van der Waals surface area contributed by atoms with Crippen molar-refractivity contribution in [1.29, 1.82) is 0 Å². The first-order valence-corrected chi connectivity index (χ1v) is 35.1. The number of aliphatic hydroxyl groups excluding tert-OH is 21. The highest BCUT2D eigenvalue weighted by Crippen LogP contribution is 2.75. The highest BCUT2D eigenvalue weighted by molar-refractivity contribution is 5.32. The van der Waals surface area contributed by atoms with E-state index < -0.39 is 264 Å². The van der Waals surface area contributed by atoms with Crippen LogP contribution in [0.3, 0.4) is 0 Å². The zero-order valence-corrected chi connectivity index (χ0v) is 57.6. The van der Waals surface area contributed by atoms with E-state index in [0.717, 1.165) is 18.4 Å². The number of hydrogen-bond donors (Lipinski definition) is 22. The fraction of sp³-hybridized carbons (Fsp3) is 0.970. The smallest absolute Gasteiger partial charge is 0.187 e. The second-order valence-electron chi connectivity index (χ2n) is 31.6. The number of ether oxygens (including phenoxy) is 12. The van der Waals surface area contributed by atoms with Crippen LogP contribution in [0.25, 0.3) is 0 Å². The van der Waals surface area contributed by atoms with Gasteiger partial charge in [0.25, 0.3) is 0 Å². The van der Waals surface area contributed by atoms with Gasteiger partial charge in [-0.3, -0.25) is 0 Å². The maximum atomic E-state index is 12.9. The molecule has 10 rings (SSSR count). The Kier molecular flexibility index (Phi) is 25.5. The summed E-state index contributed by atoms with van der Waals surface area (Å²) in [7, 11) is 0. The minimum Gasteiger partial charge on any atom is -0.394 e. The fourth-order valence-electron chi connectivity index (χ4n) is 18.4. The van der Waals surface area contributed by atoms with Crippen molar-refractivity contribution in [2.24, 2.45) is 45.3 Å². The lowest BCUT2D eigenvalue weighted by Gasteiger charge is -2.67. The zero-order chi connectivity index (χ0) is 73.5. The summed E-state index contributed by atoms with van der Waals surface area (Å²) in [5, 5.41) is 239. The summed E-state index contributed by atoms with van der Waals surface area (Å²) in [4.78, 5) is 0. The van der Waals surface area contributed by atoms with Gasteiger partial charge in [0.05, 0.1) is 63.6 Å². The van der Waals surface area contributed by atoms with E-state index >= 15 is 0 Å². The molecule has 6 saturated heterocycles. The first-order valence-electron chi connectivity index (χ1n) is 35.1.